The number of nitrogens with zero attached hydrogens (tertiary/aromatic N) is 1. The molecule has 2 nitrogen and oxygen atoms in total. The number of carbonyl (C=O) groups is 1. The monoisotopic (exact) mass is 252 g/mol. The van der Waals surface area contributed by atoms with Gasteiger partial charge in [-0.1, -0.05) is 11.6 Å². The number of rotatable bonds is 4. The summed E-state index contributed by atoms with van der Waals surface area (Å²) in [4.78, 5) is 12.0. The van der Waals surface area contributed by atoms with Gasteiger partial charge >= 0.3 is 0 Å². The Labute approximate surface area is 108 Å². The van der Waals surface area contributed by atoms with Gasteiger partial charge in [-0.25, -0.2) is 0 Å². The lowest BCUT2D eigenvalue weighted by Gasteiger charge is -2.28. The van der Waals surface area contributed by atoms with E-state index in [2.05, 4.69) is 7.05 Å². The maximum Gasteiger partial charge on any atom is 0.168 e. The van der Waals surface area contributed by atoms with Gasteiger partial charge < -0.3 is 4.48 Å². The minimum atomic E-state index is 0.230. The standard InChI is InChI=1S/C14H19ClNO/c1-16(9-2-3-10-16)11-8-14(17)12-4-6-13(15)7-5-12/h4-7H,2-3,8-11H2,1H3/q+1. The van der Waals surface area contributed by atoms with E-state index in [4.69, 9.17) is 11.6 Å². The molecular weight excluding hydrogens is 234 g/mol. The van der Waals surface area contributed by atoms with Gasteiger partial charge in [0.05, 0.1) is 33.1 Å². The average molecular weight is 253 g/mol. The Hall–Kier alpha value is -0.860. The quantitative estimate of drug-likeness (QED) is 0.594. The largest absolute Gasteiger partial charge is 0.326 e. The molecule has 17 heavy (non-hydrogen) atoms. The van der Waals surface area contributed by atoms with Crippen LogP contribution in [0.15, 0.2) is 24.3 Å². The van der Waals surface area contributed by atoms with Crippen LogP contribution in [0.3, 0.4) is 0 Å². The summed E-state index contributed by atoms with van der Waals surface area (Å²) < 4.78 is 1.05. The summed E-state index contributed by atoms with van der Waals surface area (Å²) in [7, 11) is 2.25. The van der Waals surface area contributed by atoms with Gasteiger partial charge in [-0.15, -0.1) is 0 Å². The zero-order valence-electron chi connectivity index (χ0n) is 10.3. The summed E-state index contributed by atoms with van der Waals surface area (Å²) in [6, 6.07) is 7.19. The summed E-state index contributed by atoms with van der Waals surface area (Å²) in [5, 5.41) is 0.681. The molecule has 2 rings (SSSR count). The predicted molar refractivity (Wildman–Crippen MR) is 70.4 cm³/mol. The van der Waals surface area contributed by atoms with Crippen molar-refractivity contribution >= 4 is 17.4 Å². The van der Waals surface area contributed by atoms with Crippen LogP contribution < -0.4 is 0 Å². The molecule has 0 spiro atoms. The molecule has 0 bridgehead atoms. The number of likely N-dealkylation sites (tertiary alicyclic amines) is 1. The van der Waals surface area contributed by atoms with E-state index in [1.807, 2.05) is 12.1 Å². The summed E-state index contributed by atoms with van der Waals surface area (Å²) in [5.74, 6) is 0.230. The molecule has 3 heteroatoms. The maximum atomic E-state index is 12.0. The number of halogens is 1. The van der Waals surface area contributed by atoms with E-state index in [1.54, 1.807) is 12.1 Å². The van der Waals surface area contributed by atoms with Gasteiger partial charge in [-0.05, 0) is 24.3 Å². The van der Waals surface area contributed by atoms with Crippen molar-refractivity contribution in [3.8, 4) is 0 Å². The molecule has 0 saturated carbocycles. The summed E-state index contributed by atoms with van der Waals surface area (Å²) in [5.41, 5.74) is 0.778. The third-order valence-electron chi connectivity index (χ3n) is 3.69. The van der Waals surface area contributed by atoms with Crippen LogP contribution >= 0.6 is 11.6 Å². The predicted octanol–water partition coefficient (Wildman–Crippen LogP) is 3.15. The van der Waals surface area contributed by atoms with E-state index in [0.29, 0.717) is 11.4 Å². The van der Waals surface area contributed by atoms with Crippen molar-refractivity contribution in [2.75, 3.05) is 26.7 Å². The second-order valence-electron chi connectivity index (χ2n) is 5.18. The van der Waals surface area contributed by atoms with Crippen molar-refractivity contribution in [3.63, 3.8) is 0 Å². The first-order valence-corrected chi connectivity index (χ1v) is 6.59. The smallest absolute Gasteiger partial charge is 0.168 e. The molecular formula is C14H19ClNO+. The number of benzene rings is 1. The molecule has 1 aromatic rings. The lowest BCUT2D eigenvalue weighted by molar-refractivity contribution is -0.897. The van der Waals surface area contributed by atoms with Gasteiger partial charge in [0.15, 0.2) is 5.78 Å². The number of hydrogen-bond donors (Lipinski definition) is 0. The zero-order valence-corrected chi connectivity index (χ0v) is 11.0. The molecule has 0 aromatic heterocycles. The van der Waals surface area contributed by atoms with Gasteiger partial charge in [0.2, 0.25) is 0 Å². The normalized spacial score (nSPS) is 18.2. The number of carbonyl (C=O) groups excluding carboxylic acids is 1. The van der Waals surface area contributed by atoms with E-state index in [9.17, 15) is 4.79 Å². The second kappa shape index (κ2) is 5.19. The van der Waals surface area contributed by atoms with Gasteiger partial charge in [-0.2, -0.15) is 0 Å². The van der Waals surface area contributed by atoms with Crippen LogP contribution in [0.1, 0.15) is 29.6 Å². The maximum absolute atomic E-state index is 12.0. The van der Waals surface area contributed by atoms with E-state index >= 15 is 0 Å². The molecule has 1 aliphatic heterocycles. The van der Waals surface area contributed by atoms with Crippen LogP contribution in [-0.2, 0) is 0 Å². The van der Waals surface area contributed by atoms with Gasteiger partial charge in [0.1, 0.15) is 0 Å². The van der Waals surface area contributed by atoms with Gasteiger partial charge in [-0.3, -0.25) is 4.79 Å². The van der Waals surface area contributed by atoms with Crippen LogP contribution in [0, 0.1) is 0 Å². The van der Waals surface area contributed by atoms with E-state index in [0.717, 1.165) is 16.6 Å². The van der Waals surface area contributed by atoms with Crippen LogP contribution in [0.2, 0.25) is 5.02 Å². The Balaban J connectivity index is 1.91. The Morgan fingerprint density at radius 2 is 1.82 bits per heavy atom. The highest BCUT2D eigenvalue weighted by atomic mass is 35.5. The van der Waals surface area contributed by atoms with Crippen molar-refractivity contribution in [2.24, 2.45) is 0 Å². The average Bonchev–Trinajstić information content (AvgIpc) is 2.75. The molecule has 0 atom stereocenters. The molecule has 1 aromatic carbocycles. The van der Waals surface area contributed by atoms with E-state index in [1.165, 1.54) is 25.9 Å². The molecule has 0 unspecified atom stereocenters. The highest BCUT2D eigenvalue weighted by molar-refractivity contribution is 6.30. The first-order valence-electron chi connectivity index (χ1n) is 6.21. The highest BCUT2D eigenvalue weighted by Gasteiger charge is 2.27. The van der Waals surface area contributed by atoms with E-state index < -0.39 is 0 Å². The third kappa shape index (κ3) is 3.30. The molecule has 0 amide bonds. The summed E-state index contributed by atoms with van der Waals surface area (Å²) in [6.07, 6.45) is 3.23. The van der Waals surface area contributed by atoms with Crippen LogP contribution in [0.5, 0.6) is 0 Å². The van der Waals surface area contributed by atoms with Crippen LogP contribution in [0.4, 0.5) is 0 Å². The Bertz CT molecular complexity index is 393. The minimum Gasteiger partial charge on any atom is -0.326 e. The SMILES string of the molecule is C[N+]1(CCC(=O)c2ccc(Cl)cc2)CCCC1. The second-order valence-corrected chi connectivity index (χ2v) is 5.61. The Morgan fingerprint density at radius 1 is 1.24 bits per heavy atom. The third-order valence-corrected chi connectivity index (χ3v) is 3.94. The summed E-state index contributed by atoms with van der Waals surface area (Å²) in [6.45, 7) is 3.39. The van der Waals surface area contributed by atoms with Crippen molar-refractivity contribution < 1.29 is 9.28 Å². The number of hydrogen-bond acceptors (Lipinski definition) is 1. The molecule has 1 saturated heterocycles. The van der Waals surface area contributed by atoms with E-state index in [-0.39, 0.29) is 5.78 Å². The summed E-state index contributed by atoms with van der Waals surface area (Å²) >= 11 is 5.80. The van der Waals surface area contributed by atoms with Crippen molar-refractivity contribution in [2.45, 2.75) is 19.3 Å². The fourth-order valence-electron chi connectivity index (χ4n) is 2.47. The molecule has 92 valence electrons. The fraction of sp³-hybridized carbons (Fsp3) is 0.500. The lowest BCUT2D eigenvalue weighted by Crippen LogP contribution is -2.42. The van der Waals surface area contributed by atoms with Crippen LogP contribution in [-0.4, -0.2) is 36.9 Å². The van der Waals surface area contributed by atoms with Crippen molar-refractivity contribution in [1.82, 2.24) is 0 Å². The van der Waals surface area contributed by atoms with Crippen LogP contribution in [0.25, 0.3) is 0 Å². The lowest BCUT2D eigenvalue weighted by atomic mass is 10.1. The van der Waals surface area contributed by atoms with Gasteiger partial charge in [0.25, 0.3) is 0 Å². The van der Waals surface area contributed by atoms with Crippen molar-refractivity contribution in [1.29, 1.82) is 0 Å². The van der Waals surface area contributed by atoms with Gasteiger partial charge in [0, 0.05) is 23.4 Å². The number of Topliss-reactive ketones (excluding diaryl/α,β-unsaturated/α-hetero) is 1. The molecule has 0 N–H and O–H groups in total. The first kappa shape index (κ1) is 12.6. The fourth-order valence-corrected chi connectivity index (χ4v) is 2.60. The Kier molecular flexibility index (Phi) is 3.85. The molecule has 1 aliphatic rings. The minimum absolute atomic E-state index is 0.230. The number of quaternary nitrogens is 1. The zero-order chi connectivity index (χ0) is 12.3. The molecule has 0 radical (unpaired) electrons. The molecule has 1 fully saturated rings. The van der Waals surface area contributed by atoms with Crippen molar-refractivity contribution in [3.05, 3.63) is 34.9 Å². The Morgan fingerprint density at radius 3 is 2.41 bits per heavy atom. The highest BCUT2D eigenvalue weighted by Crippen LogP contribution is 2.18. The topological polar surface area (TPSA) is 17.1 Å². The molecule has 1 heterocycles. The number of ketones is 1. The molecule has 0 aliphatic carbocycles. The first-order chi connectivity index (χ1) is 8.09.